The van der Waals surface area contributed by atoms with Crippen molar-refractivity contribution in [1.82, 2.24) is 10.3 Å². The van der Waals surface area contributed by atoms with Crippen molar-refractivity contribution < 1.29 is 4.39 Å². The molecule has 0 fully saturated rings. The molecule has 1 heterocycles. The van der Waals surface area contributed by atoms with Crippen molar-refractivity contribution in [3.05, 3.63) is 53.6 Å². The minimum absolute atomic E-state index is 0.301. The molecule has 20 heavy (non-hydrogen) atoms. The van der Waals surface area contributed by atoms with Crippen LogP contribution < -0.4 is 5.32 Å². The molecule has 0 spiro atoms. The third-order valence-electron chi connectivity index (χ3n) is 2.93. The van der Waals surface area contributed by atoms with E-state index in [2.05, 4.69) is 10.3 Å². The van der Waals surface area contributed by atoms with E-state index in [1.54, 1.807) is 18.3 Å². The number of pyridine rings is 1. The molecular formula is C16H16FN3. The second-order valence-corrected chi connectivity index (χ2v) is 4.92. The van der Waals surface area contributed by atoms with Gasteiger partial charge in [-0.25, -0.2) is 4.39 Å². The highest BCUT2D eigenvalue weighted by atomic mass is 19.1. The van der Waals surface area contributed by atoms with Gasteiger partial charge in [0.15, 0.2) is 0 Å². The highest BCUT2D eigenvalue weighted by Gasteiger charge is 2.07. The van der Waals surface area contributed by atoms with Gasteiger partial charge in [0.2, 0.25) is 0 Å². The van der Waals surface area contributed by atoms with Crippen molar-refractivity contribution in [3.8, 4) is 17.2 Å². The number of nitrogens with zero attached hydrogens (tertiary/aromatic N) is 2. The van der Waals surface area contributed by atoms with Gasteiger partial charge in [0.1, 0.15) is 11.9 Å². The average Bonchev–Trinajstić information content (AvgIpc) is 2.45. The molecule has 0 aliphatic carbocycles. The normalized spacial score (nSPS) is 10.6. The Balaban J connectivity index is 2.27. The fourth-order valence-corrected chi connectivity index (χ4v) is 1.87. The van der Waals surface area contributed by atoms with E-state index in [1.165, 1.54) is 12.3 Å². The first-order valence-electron chi connectivity index (χ1n) is 6.47. The molecule has 0 aliphatic heterocycles. The maximum Gasteiger partial charge on any atom is 0.131 e. The first-order valence-corrected chi connectivity index (χ1v) is 6.47. The van der Waals surface area contributed by atoms with E-state index in [9.17, 15) is 4.39 Å². The zero-order valence-corrected chi connectivity index (χ0v) is 11.5. The van der Waals surface area contributed by atoms with Crippen molar-refractivity contribution in [2.75, 3.05) is 0 Å². The third kappa shape index (κ3) is 3.40. The zero-order chi connectivity index (χ0) is 14.5. The lowest BCUT2D eigenvalue weighted by atomic mass is 10.0. The van der Waals surface area contributed by atoms with Crippen molar-refractivity contribution in [2.24, 2.45) is 0 Å². The Kier molecular flexibility index (Phi) is 4.44. The van der Waals surface area contributed by atoms with Crippen LogP contribution in [0.5, 0.6) is 0 Å². The summed E-state index contributed by atoms with van der Waals surface area (Å²) in [6, 6.07) is 9.12. The number of nitrogens with one attached hydrogen (secondary N) is 1. The summed E-state index contributed by atoms with van der Waals surface area (Å²) in [5.74, 6) is -0.301. The summed E-state index contributed by atoms with van der Waals surface area (Å²) in [6.45, 7) is 4.72. The van der Waals surface area contributed by atoms with Crippen molar-refractivity contribution in [3.63, 3.8) is 0 Å². The topological polar surface area (TPSA) is 48.7 Å². The largest absolute Gasteiger partial charge is 0.310 e. The molecule has 1 aromatic carbocycles. The van der Waals surface area contributed by atoms with Crippen molar-refractivity contribution in [2.45, 2.75) is 26.4 Å². The number of rotatable bonds is 4. The molecule has 0 unspecified atom stereocenters. The van der Waals surface area contributed by atoms with Crippen LogP contribution in [0.3, 0.4) is 0 Å². The van der Waals surface area contributed by atoms with Crippen LogP contribution in [0.2, 0.25) is 0 Å². The van der Waals surface area contributed by atoms with Crippen LogP contribution in [-0.4, -0.2) is 11.0 Å². The highest BCUT2D eigenvalue weighted by molar-refractivity contribution is 5.65. The standard InChI is InChI=1S/C16H16FN3/c1-11(2)20-9-12-3-4-15(16(17)6-12)14-5-13(7-18)8-19-10-14/h3-6,8,10-11,20H,9H2,1-2H3. The molecule has 102 valence electrons. The van der Waals surface area contributed by atoms with E-state index in [-0.39, 0.29) is 5.82 Å². The summed E-state index contributed by atoms with van der Waals surface area (Å²) in [5, 5.41) is 12.1. The van der Waals surface area contributed by atoms with Gasteiger partial charge in [-0.2, -0.15) is 5.26 Å². The monoisotopic (exact) mass is 269 g/mol. The number of aromatic nitrogens is 1. The van der Waals surface area contributed by atoms with Crippen molar-refractivity contribution in [1.29, 1.82) is 5.26 Å². The highest BCUT2D eigenvalue weighted by Crippen LogP contribution is 2.23. The molecule has 0 amide bonds. The van der Waals surface area contributed by atoms with Crippen LogP contribution in [0.4, 0.5) is 4.39 Å². The Hall–Kier alpha value is -2.25. The quantitative estimate of drug-likeness (QED) is 0.926. The van der Waals surface area contributed by atoms with Crippen molar-refractivity contribution >= 4 is 0 Å². The summed E-state index contributed by atoms with van der Waals surface area (Å²) in [7, 11) is 0. The van der Waals surface area contributed by atoms with Crippen LogP contribution in [0.1, 0.15) is 25.0 Å². The van der Waals surface area contributed by atoms with E-state index in [4.69, 9.17) is 5.26 Å². The maximum atomic E-state index is 14.2. The number of benzene rings is 1. The lowest BCUT2D eigenvalue weighted by molar-refractivity contribution is 0.582. The number of hydrogen-bond acceptors (Lipinski definition) is 3. The molecule has 4 heteroatoms. The lowest BCUT2D eigenvalue weighted by Crippen LogP contribution is -2.21. The number of halogens is 1. The van der Waals surface area contributed by atoms with E-state index >= 15 is 0 Å². The van der Waals surface area contributed by atoms with Crippen LogP contribution >= 0.6 is 0 Å². The van der Waals surface area contributed by atoms with Gasteiger partial charge in [0.25, 0.3) is 0 Å². The second kappa shape index (κ2) is 6.27. The zero-order valence-electron chi connectivity index (χ0n) is 11.5. The molecule has 0 atom stereocenters. The van der Waals surface area contributed by atoms with E-state index in [0.29, 0.717) is 29.3 Å². The summed E-state index contributed by atoms with van der Waals surface area (Å²) in [4.78, 5) is 3.95. The van der Waals surface area contributed by atoms with Gasteiger partial charge in [0.05, 0.1) is 5.56 Å². The smallest absolute Gasteiger partial charge is 0.131 e. The first-order chi connectivity index (χ1) is 9.60. The number of nitriles is 1. The Bertz CT molecular complexity index is 644. The van der Waals surface area contributed by atoms with Crippen LogP contribution in [0.15, 0.2) is 36.7 Å². The average molecular weight is 269 g/mol. The summed E-state index contributed by atoms with van der Waals surface area (Å²) in [6.07, 6.45) is 3.02. The minimum Gasteiger partial charge on any atom is -0.310 e. The Morgan fingerprint density at radius 1 is 1.30 bits per heavy atom. The molecule has 0 saturated carbocycles. The Labute approximate surface area is 118 Å². The summed E-state index contributed by atoms with van der Waals surface area (Å²) in [5.41, 5.74) is 2.39. The third-order valence-corrected chi connectivity index (χ3v) is 2.93. The summed E-state index contributed by atoms with van der Waals surface area (Å²) < 4.78 is 14.2. The van der Waals surface area contributed by atoms with Gasteiger partial charge in [-0.15, -0.1) is 0 Å². The minimum atomic E-state index is -0.301. The van der Waals surface area contributed by atoms with Gasteiger partial charge < -0.3 is 5.32 Å². The molecule has 0 aliphatic rings. The SMILES string of the molecule is CC(C)NCc1ccc(-c2cncc(C#N)c2)c(F)c1. The molecule has 0 bridgehead atoms. The van der Waals surface area contributed by atoms with E-state index < -0.39 is 0 Å². The van der Waals surface area contributed by atoms with Gasteiger partial charge in [-0.3, -0.25) is 4.98 Å². The Morgan fingerprint density at radius 3 is 2.75 bits per heavy atom. The van der Waals surface area contributed by atoms with Gasteiger partial charge in [0, 0.05) is 36.1 Å². The molecule has 3 nitrogen and oxygen atoms in total. The van der Waals surface area contributed by atoms with Gasteiger partial charge >= 0.3 is 0 Å². The predicted molar refractivity (Wildman–Crippen MR) is 76.3 cm³/mol. The molecule has 1 N–H and O–H groups in total. The molecule has 2 rings (SSSR count). The van der Waals surface area contributed by atoms with Gasteiger partial charge in [-0.05, 0) is 17.7 Å². The molecule has 0 radical (unpaired) electrons. The van der Waals surface area contributed by atoms with Crippen LogP contribution in [0, 0.1) is 17.1 Å². The molecule has 2 aromatic rings. The number of hydrogen-bond donors (Lipinski definition) is 1. The lowest BCUT2D eigenvalue weighted by Gasteiger charge is -2.10. The van der Waals surface area contributed by atoms with Gasteiger partial charge in [-0.1, -0.05) is 26.0 Å². The van der Waals surface area contributed by atoms with Crippen LogP contribution in [0.25, 0.3) is 11.1 Å². The predicted octanol–water partition coefficient (Wildman–Crippen LogP) is 3.26. The maximum absolute atomic E-state index is 14.2. The fourth-order valence-electron chi connectivity index (χ4n) is 1.87. The van der Waals surface area contributed by atoms with Crippen LogP contribution in [-0.2, 0) is 6.54 Å². The molecule has 0 saturated heterocycles. The fraction of sp³-hybridized carbons (Fsp3) is 0.250. The van der Waals surface area contributed by atoms with E-state index in [1.807, 2.05) is 26.0 Å². The molecular weight excluding hydrogens is 253 g/mol. The first kappa shape index (κ1) is 14.2. The van der Waals surface area contributed by atoms with E-state index in [0.717, 1.165) is 5.56 Å². The summed E-state index contributed by atoms with van der Waals surface area (Å²) >= 11 is 0. The molecule has 1 aromatic heterocycles. The Morgan fingerprint density at radius 2 is 2.10 bits per heavy atom. The second-order valence-electron chi connectivity index (χ2n) is 4.92.